The fraction of sp³-hybridized carbons (Fsp3) is 0.0278. The van der Waals surface area contributed by atoms with Gasteiger partial charge in [0.25, 0.3) is 11.8 Å². The molecule has 0 aromatic heterocycles. The molecule has 0 fully saturated rings. The molecule has 5 aromatic carbocycles. The number of anilines is 2. The average molecular weight is 778 g/mol. The van der Waals surface area contributed by atoms with E-state index in [1.54, 1.807) is 66.7 Å². The lowest BCUT2D eigenvalue weighted by molar-refractivity contribution is -0.116. The summed E-state index contributed by atoms with van der Waals surface area (Å²) in [6.07, 6.45) is 1.48. The van der Waals surface area contributed by atoms with Crippen LogP contribution in [0.4, 0.5) is 11.4 Å². The molecule has 0 saturated heterocycles. The van der Waals surface area contributed by atoms with Gasteiger partial charge < -0.3 is 16.0 Å². The summed E-state index contributed by atoms with van der Waals surface area (Å²) in [5, 5.41) is 8.58. The van der Waals surface area contributed by atoms with Gasteiger partial charge in [-0.2, -0.15) is 0 Å². The number of hydrogen-bond donors (Lipinski definition) is 3. The van der Waals surface area contributed by atoms with Crippen LogP contribution in [0.5, 0.6) is 0 Å². The van der Waals surface area contributed by atoms with Gasteiger partial charge in [0.2, 0.25) is 5.91 Å². The number of carbonyl (C=O) groups excluding carboxylic acids is 3. The smallest absolute Gasteiger partial charge is 0.272 e. The molecule has 6 nitrogen and oxygen atoms in total. The number of thioether (sulfide) groups is 1. The van der Waals surface area contributed by atoms with Crippen molar-refractivity contribution < 1.29 is 14.4 Å². The summed E-state index contributed by atoms with van der Waals surface area (Å²) in [7, 11) is 0. The quantitative estimate of drug-likeness (QED) is 0.0750. The monoisotopic (exact) mass is 777 g/mol. The van der Waals surface area contributed by atoms with Gasteiger partial charge in [0, 0.05) is 25.4 Å². The topological polar surface area (TPSA) is 87.3 Å². The van der Waals surface area contributed by atoms with Crippen LogP contribution in [0.2, 0.25) is 10.0 Å². The minimum Gasteiger partial charge on any atom is -0.325 e. The molecule has 3 amide bonds. The van der Waals surface area contributed by atoms with Gasteiger partial charge in [-0.25, -0.2) is 0 Å². The summed E-state index contributed by atoms with van der Waals surface area (Å²) in [5.74, 6) is -1.22. The summed E-state index contributed by atoms with van der Waals surface area (Å²) in [6, 6.07) is 37.8. The minimum atomic E-state index is -0.572. The summed E-state index contributed by atoms with van der Waals surface area (Å²) in [5.41, 5.74) is 2.81. The molecular weight excluding hydrogens is 752 g/mol. The zero-order chi connectivity index (χ0) is 32.5. The molecule has 0 spiro atoms. The number of hydrogen-bond acceptors (Lipinski definition) is 4. The molecule has 5 aromatic rings. The van der Waals surface area contributed by atoms with Crippen LogP contribution in [0, 0.1) is 3.57 Å². The van der Waals surface area contributed by atoms with E-state index in [2.05, 4.69) is 38.5 Å². The van der Waals surface area contributed by atoms with Crippen LogP contribution in [0.1, 0.15) is 26.7 Å². The summed E-state index contributed by atoms with van der Waals surface area (Å²) >= 11 is 16.2. The molecule has 0 radical (unpaired) electrons. The lowest BCUT2D eigenvalue weighted by atomic mass is 10.1. The van der Waals surface area contributed by atoms with Crippen LogP contribution in [-0.4, -0.2) is 17.7 Å². The second kappa shape index (κ2) is 16.0. The van der Waals surface area contributed by atoms with Crippen LogP contribution >= 0.6 is 57.6 Å². The van der Waals surface area contributed by atoms with Crippen LogP contribution in [0.3, 0.4) is 0 Å². The maximum absolute atomic E-state index is 13.6. The fourth-order valence-corrected chi connectivity index (χ4v) is 6.16. The number of carbonyl (C=O) groups is 3. The second-order valence-electron chi connectivity index (χ2n) is 9.91. The summed E-state index contributed by atoms with van der Waals surface area (Å²) in [6.45, 7) is 0. The average Bonchev–Trinajstić information content (AvgIpc) is 3.07. The van der Waals surface area contributed by atoms with Crippen molar-refractivity contribution in [2.75, 3.05) is 10.6 Å². The van der Waals surface area contributed by atoms with Gasteiger partial charge in [-0.15, -0.1) is 11.8 Å². The van der Waals surface area contributed by atoms with Gasteiger partial charge in [0.15, 0.2) is 0 Å². The first-order valence-corrected chi connectivity index (χ1v) is 16.7. The van der Waals surface area contributed by atoms with Gasteiger partial charge >= 0.3 is 0 Å². The van der Waals surface area contributed by atoms with E-state index in [9.17, 15) is 14.4 Å². The van der Waals surface area contributed by atoms with Crippen LogP contribution in [0.15, 0.2) is 138 Å². The van der Waals surface area contributed by atoms with E-state index in [4.69, 9.17) is 23.2 Å². The highest BCUT2D eigenvalue weighted by Gasteiger charge is 2.23. The van der Waals surface area contributed by atoms with E-state index in [0.717, 1.165) is 14.0 Å². The van der Waals surface area contributed by atoms with E-state index in [1.807, 2.05) is 60.7 Å². The van der Waals surface area contributed by atoms with Gasteiger partial charge in [-0.3, -0.25) is 14.4 Å². The van der Waals surface area contributed by atoms with Crippen molar-refractivity contribution in [3.63, 3.8) is 0 Å². The molecule has 0 bridgehead atoms. The number of amides is 3. The Morgan fingerprint density at radius 3 is 2.11 bits per heavy atom. The zero-order valence-corrected chi connectivity index (χ0v) is 28.5. The molecule has 230 valence electrons. The molecule has 0 aliphatic heterocycles. The number of nitrogens with one attached hydrogen (secondary N) is 3. The molecule has 0 heterocycles. The maximum Gasteiger partial charge on any atom is 0.272 e. The molecule has 46 heavy (non-hydrogen) atoms. The summed E-state index contributed by atoms with van der Waals surface area (Å²) in [4.78, 5) is 41.0. The maximum atomic E-state index is 13.6. The van der Waals surface area contributed by atoms with Gasteiger partial charge in [-0.1, -0.05) is 89.9 Å². The third-order valence-corrected chi connectivity index (χ3v) is 9.41. The minimum absolute atomic E-state index is 0.0323. The third kappa shape index (κ3) is 9.01. The lowest BCUT2D eigenvalue weighted by Crippen LogP contribution is -2.30. The third-order valence-electron chi connectivity index (χ3n) is 6.61. The number of halogens is 3. The van der Waals surface area contributed by atoms with E-state index in [1.165, 1.54) is 17.8 Å². The van der Waals surface area contributed by atoms with Crippen LogP contribution < -0.4 is 16.0 Å². The molecule has 1 unspecified atom stereocenters. The molecule has 5 rings (SSSR count). The predicted molar refractivity (Wildman–Crippen MR) is 196 cm³/mol. The molecule has 0 aliphatic rings. The first-order valence-electron chi connectivity index (χ1n) is 14.0. The molecule has 0 aliphatic carbocycles. The SMILES string of the molecule is O=C(Nc1cccc(SC(C(=O)Nc2ccc(I)cc2)c2ccccc2)c1)/C(=C\c1cccc(Cl)c1Cl)NC(=O)c1ccccc1. The Bertz CT molecular complexity index is 1890. The highest BCUT2D eigenvalue weighted by molar-refractivity contribution is 14.1. The Kier molecular flexibility index (Phi) is 11.5. The zero-order valence-electron chi connectivity index (χ0n) is 24.0. The van der Waals surface area contributed by atoms with Crippen molar-refractivity contribution in [2.45, 2.75) is 10.1 Å². The fourth-order valence-electron chi connectivity index (χ4n) is 4.35. The molecule has 10 heteroatoms. The molecule has 3 N–H and O–H groups in total. The van der Waals surface area contributed by atoms with E-state index < -0.39 is 17.1 Å². The van der Waals surface area contributed by atoms with E-state index >= 15 is 0 Å². The van der Waals surface area contributed by atoms with Crippen molar-refractivity contribution in [1.82, 2.24) is 5.32 Å². The predicted octanol–water partition coefficient (Wildman–Crippen LogP) is 9.48. The molecule has 1 atom stereocenters. The van der Waals surface area contributed by atoms with Crippen molar-refractivity contribution in [1.29, 1.82) is 0 Å². The standard InChI is InChI=1S/C36H26Cl2IN3O3S/c37-30-16-7-13-25(32(30)38)21-31(42-34(43)24-11-5-2-6-12-24)35(44)41-28-14-8-15-29(22-28)46-33(23-9-3-1-4-10-23)36(45)40-27-19-17-26(39)18-20-27/h1-22,33H,(H,40,45)(H,41,44)(H,42,43)/b31-21+. The van der Waals surface area contributed by atoms with Gasteiger partial charge in [0.1, 0.15) is 10.9 Å². The Hall–Kier alpha value is -4.09. The van der Waals surface area contributed by atoms with Crippen LogP contribution in [-0.2, 0) is 9.59 Å². The van der Waals surface area contributed by atoms with Crippen molar-refractivity contribution >= 4 is 92.7 Å². The Balaban J connectivity index is 1.39. The normalized spacial score (nSPS) is 11.8. The Morgan fingerprint density at radius 1 is 0.717 bits per heavy atom. The van der Waals surface area contributed by atoms with E-state index in [-0.39, 0.29) is 16.6 Å². The van der Waals surface area contributed by atoms with Gasteiger partial charge in [-0.05, 0) is 100 Å². The Labute approximate surface area is 294 Å². The number of rotatable bonds is 10. The summed E-state index contributed by atoms with van der Waals surface area (Å²) < 4.78 is 1.07. The van der Waals surface area contributed by atoms with Gasteiger partial charge in [0.05, 0.1) is 10.0 Å². The van der Waals surface area contributed by atoms with Crippen LogP contribution in [0.25, 0.3) is 6.08 Å². The largest absolute Gasteiger partial charge is 0.325 e. The van der Waals surface area contributed by atoms with Crippen molar-refractivity contribution in [2.24, 2.45) is 0 Å². The highest BCUT2D eigenvalue weighted by atomic mass is 127. The lowest BCUT2D eigenvalue weighted by Gasteiger charge is -2.18. The highest BCUT2D eigenvalue weighted by Crippen LogP contribution is 2.37. The molecule has 0 saturated carbocycles. The molecular formula is C36H26Cl2IN3O3S. The van der Waals surface area contributed by atoms with Crippen molar-refractivity contribution in [3.05, 3.63) is 163 Å². The first kappa shape index (κ1) is 33.3. The Morgan fingerprint density at radius 2 is 1.39 bits per heavy atom. The van der Waals surface area contributed by atoms with E-state index in [0.29, 0.717) is 27.5 Å². The first-order chi connectivity index (χ1) is 22.3. The second-order valence-corrected chi connectivity index (χ2v) is 13.1. The number of benzene rings is 5. The van der Waals surface area contributed by atoms with Crippen molar-refractivity contribution in [3.8, 4) is 0 Å².